The average molecular weight is 440 g/mol. The van der Waals surface area contributed by atoms with Gasteiger partial charge in [-0.1, -0.05) is 5.16 Å². The molecule has 0 unspecified atom stereocenters. The molecule has 4 heterocycles. The predicted molar refractivity (Wildman–Crippen MR) is 121 cm³/mol. The summed E-state index contributed by atoms with van der Waals surface area (Å²) in [7, 11) is 0. The molecule has 2 aliphatic heterocycles. The van der Waals surface area contributed by atoms with Crippen LogP contribution in [-0.4, -0.2) is 66.3 Å². The largest absolute Gasteiger partial charge is 0.489 e. The summed E-state index contributed by atoms with van der Waals surface area (Å²) in [4.78, 5) is 21.8. The highest BCUT2D eigenvalue weighted by atomic mass is 16.5. The topological polar surface area (TPSA) is 83.7 Å². The van der Waals surface area contributed by atoms with Gasteiger partial charge in [-0.25, -0.2) is 4.98 Å². The number of fused-ring (bicyclic) bond motifs is 1. The number of aromatic nitrogens is 2. The van der Waals surface area contributed by atoms with Crippen molar-refractivity contribution in [3.63, 3.8) is 0 Å². The summed E-state index contributed by atoms with van der Waals surface area (Å²) < 4.78 is 10.9. The number of aryl methyl sites for hydroxylation is 1. The monoisotopic (exact) mass is 439 g/mol. The quantitative estimate of drug-likeness (QED) is 0.741. The Hall–Kier alpha value is -2.61. The third kappa shape index (κ3) is 4.75. The van der Waals surface area contributed by atoms with Crippen LogP contribution in [-0.2, 0) is 6.42 Å². The molecule has 0 bridgehead atoms. The fraction of sp³-hybridized carbons (Fsp3) is 0.625. The first-order valence-electron chi connectivity index (χ1n) is 12.0. The minimum absolute atomic E-state index is 0.143. The molecule has 172 valence electrons. The molecule has 2 aromatic heterocycles. The number of nitrogens with one attached hydrogen (secondary N) is 1. The number of anilines is 1. The van der Waals surface area contributed by atoms with Gasteiger partial charge in [0.05, 0.1) is 12.3 Å². The van der Waals surface area contributed by atoms with Gasteiger partial charge in [0.2, 0.25) is 5.76 Å². The van der Waals surface area contributed by atoms with E-state index in [1.54, 1.807) is 6.07 Å². The second kappa shape index (κ2) is 9.48. The number of amides is 1. The maximum Gasteiger partial charge on any atom is 0.290 e. The van der Waals surface area contributed by atoms with E-state index in [1.807, 2.05) is 13.1 Å². The highest BCUT2D eigenvalue weighted by molar-refractivity contribution is 5.91. The Bertz CT molecular complexity index is 929. The normalized spacial score (nSPS) is 23.6. The lowest BCUT2D eigenvalue weighted by Gasteiger charge is -2.37. The SMILES string of the molecule is Cc1cc(C(=O)N[C@H]2CC[C@H](CCN3CCN(c4nccc5c4OCC5)CC3)CC2)on1. The van der Waals surface area contributed by atoms with E-state index in [2.05, 4.69) is 31.3 Å². The van der Waals surface area contributed by atoms with Crippen LogP contribution < -0.4 is 15.0 Å². The van der Waals surface area contributed by atoms with Crippen molar-refractivity contribution in [2.75, 3.05) is 44.2 Å². The summed E-state index contributed by atoms with van der Waals surface area (Å²) in [5, 5.41) is 6.90. The molecule has 1 aliphatic carbocycles. The van der Waals surface area contributed by atoms with E-state index in [0.29, 0.717) is 5.76 Å². The molecular formula is C24H33N5O3. The molecule has 2 fully saturated rings. The van der Waals surface area contributed by atoms with Crippen LogP contribution in [0.5, 0.6) is 5.75 Å². The molecule has 1 saturated carbocycles. The fourth-order valence-corrected chi connectivity index (χ4v) is 5.19. The summed E-state index contributed by atoms with van der Waals surface area (Å²) in [6.07, 6.45) is 8.60. The predicted octanol–water partition coefficient (Wildman–Crippen LogP) is 2.81. The Kier molecular flexibility index (Phi) is 6.30. The van der Waals surface area contributed by atoms with Gasteiger partial charge in [0.15, 0.2) is 11.6 Å². The summed E-state index contributed by atoms with van der Waals surface area (Å²) in [6.45, 7) is 7.92. The van der Waals surface area contributed by atoms with Crippen LogP contribution in [0.15, 0.2) is 22.9 Å². The van der Waals surface area contributed by atoms with E-state index in [-0.39, 0.29) is 11.9 Å². The number of hydrogen-bond donors (Lipinski definition) is 1. The van der Waals surface area contributed by atoms with Gasteiger partial charge >= 0.3 is 0 Å². The van der Waals surface area contributed by atoms with E-state index in [0.717, 1.165) is 81.8 Å². The number of hydrogen-bond acceptors (Lipinski definition) is 7. The average Bonchev–Trinajstić information content (AvgIpc) is 3.48. The van der Waals surface area contributed by atoms with Crippen molar-refractivity contribution in [1.29, 1.82) is 0 Å². The molecule has 0 aromatic carbocycles. The minimum atomic E-state index is -0.143. The zero-order valence-corrected chi connectivity index (χ0v) is 18.9. The minimum Gasteiger partial charge on any atom is -0.489 e. The van der Waals surface area contributed by atoms with Crippen LogP contribution in [0.3, 0.4) is 0 Å². The Balaban J connectivity index is 1.02. The van der Waals surface area contributed by atoms with E-state index >= 15 is 0 Å². The van der Waals surface area contributed by atoms with E-state index in [1.165, 1.54) is 24.8 Å². The van der Waals surface area contributed by atoms with Crippen molar-refractivity contribution in [1.82, 2.24) is 20.4 Å². The van der Waals surface area contributed by atoms with Gasteiger partial charge in [0, 0.05) is 56.5 Å². The van der Waals surface area contributed by atoms with Crippen molar-refractivity contribution in [2.24, 2.45) is 5.92 Å². The molecule has 2 aromatic rings. The first-order chi connectivity index (χ1) is 15.7. The maximum atomic E-state index is 12.3. The molecule has 1 amide bonds. The van der Waals surface area contributed by atoms with E-state index in [4.69, 9.17) is 9.26 Å². The van der Waals surface area contributed by atoms with Crippen molar-refractivity contribution < 1.29 is 14.1 Å². The number of nitrogens with zero attached hydrogens (tertiary/aromatic N) is 4. The molecule has 8 nitrogen and oxygen atoms in total. The van der Waals surface area contributed by atoms with Crippen molar-refractivity contribution >= 4 is 11.7 Å². The molecule has 1 N–H and O–H groups in total. The lowest BCUT2D eigenvalue weighted by Crippen LogP contribution is -2.47. The number of pyridine rings is 1. The molecule has 1 saturated heterocycles. The van der Waals surface area contributed by atoms with E-state index in [9.17, 15) is 4.79 Å². The van der Waals surface area contributed by atoms with Gasteiger partial charge in [0.25, 0.3) is 5.91 Å². The lowest BCUT2D eigenvalue weighted by atomic mass is 9.84. The Morgan fingerprint density at radius 3 is 2.75 bits per heavy atom. The van der Waals surface area contributed by atoms with Crippen molar-refractivity contribution in [3.05, 3.63) is 35.3 Å². The van der Waals surface area contributed by atoms with Crippen molar-refractivity contribution in [3.8, 4) is 5.75 Å². The molecule has 0 radical (unpaired) electrons. The second-order valence-corrected chi connectivity index (χ2v) is 9.36. The number of carbonyl (C=O) groups is 1. The van der Waals surface area contributed by atoms with Crippen LogP contribution in [0.4, 0.5) is 5.82 Å². The van der Waals surface area contributed by atoms with Crippen molar-refractivity contribution in [2.45, 2.75) is 51.5 Å². The van der Waals surface area contributed by atoms with Crippen LogP contribution in [0.1, 0.15) is 53.9 Å². The highest BCUT2D eigenvalue weighted by Gasteiger charge is 2.27. The van der Waals surface area contributed by atoms with Gasteiger partial charge in [-0.05, 0) is 57.6 Å². The molecule has 8 heteroatoms. The number of carbonyl (C=O) groups excluding carboxylic acids is 1. The Morgan fingerprint density at radius 2 is 2.00 bits per heavy atom. The number of rotatable bonds is 6. The summed E-state index contributed by atoms with van der Waals surface area (Å²) in [5.74, 6) is 2.95. The summed E-state index contributed by atoms with van der Waals surface area (Å²) in [5.41, 5.74) is 2.03. The third-order valence-corrected chi connectivity index (χ3v) is 7.14. The van der Waals surface area contributed by atoms with E-state index < -0.39 is 0 Å². The molecular weight excluding hydrogens is 406 g/mol. The van der Waals surface area contributed by atoms with Gasteiger partial charge < -0.3 is 19.5 Å². The summed E-state index contributed by atoms with van der Waals surface area (Å²) in [6, 6.07) is 4.02. The Labute approximate surface area is 189 Å². The standard InChI is InChI=1S/C24H33N5O3/c1-17-16-21(32-27-17)24(30)26-20-4-2-18(3-5-20)7-10-28-11-13-29(14-12-28)23-22-19(6-9-25-23)8-15-31-22/h6,9,16,18,20H,2-5,7-8,10-15H2,1H3,(H,26,30)/t18-,20-. The third-order valence-electron chi connectivity index (χ3n) is 7.14. The molecule has 3 aliphatic rings. The molecule has 0 atom stereocenters. The number of ether oxygens (including phenoxy) is 1. The van der Waals surface area contributed by atoms with Crippen LogP contribution in [0.2, 0.25) is 0 Å². The summed E-state index contributed by atoms with van der Waals surface area (Å²) >= 11 is 0. The Morgan fingerprint density at radius 1 is 1.19 bits per heavy atom. The maximum absolute atomic E-state index is 12.3. The van der Waals surface area contributed by atoms with Gasteiger partial charge in [0.1, 0.15) is 0 Å². The van der Waals surface area contributed by atoms with Crippen LogP contribution >= 0.6 is 0 Å². The number of piperazine rings is 1. The van der Waals surface area contributed by atoms with Gasteiger partial charge in [-0.3, -0.25) is 9.69 Å². The highest BCUT2D eigenvalue weighted by Crippen LogP contribution is 2.34. The first kappa shape index (κ1) is 21.2. The zero-order chi connectivity index (χ0) is 21.9. The van der Waals surface area contributed by atoms with Crippen LogP contribution in [0.25, 0.3) is 0 Å². The molecule has 5 rings (SSSR count). The smallest absolute Gasteiger partial charge is 0.290 e. The molecule has 32 heavy (non-hydrogen) atoms. The van der Waals surface area contributed by atoms with Crippen LogP contribution in [0, 0.1) is 12.8 Å². The van der Waals surface area contributed by atoms with Gasteiger partial charge in [-0.2, -0.15) is 0 Å². The fourth-order valence-electron chi connectivity index (χ4n) is 5.19. The zero-order valence-electron chi connectivity index (χ0n) is 18.9. The van der Waals surface area contributed by atoms with Gasteiger partial charge in [-0.15, -0.1) is 0 Å². The second-order valence-electron chi connectivity index (χ2n) is 9.36. The first-order valence-corrected chi connectivity index (χ1v) is 12.0. The lowest BCUT2D eigenvalue weighted by molar-refractivity contribution is 0.0882. The molecule has 0 spiro atoms.